The van der Waals surface area contributed by atoms with Crippen molar-refractivity contribution in [2.24, 2.45) is 5.84 Å². The number of nitrogens with one attached hydrogen (secondary N) is 2. The van der Waals surface area contributed by atoms with E-state index in [0.29, 0.717) is 13.1 Å². The van der Waals surface area contributed by atoms with Gasteiger partial charge >= 0.3 is 6.18 Å². The molecule has 20 heavy (non-hydrogen) atoms. The van der Waals surface area contributed by atoms with Crippen LogP contribution in [0.5, 0.6) is 0 Å². The normalized spacial score (nSPS) is 11.8. The lowest BCUT2D eigenvalue weighted by Gasteiger charge is -2.18. The summed E-state index contributed by atoms with van der Waals surface area (Å²) in [4.78, 5) is 9.25. The molecular formula is C11H19F3N6. The molecule has 1 heterocycles. The Labute approximate surface area is 115 Å². The van der Waals surface area contributed by atoms with Gasteiger partial charge in [0.1, 0.15) is 5.82 Å². The molecule has 9 heteroatoms. The molecule has 0 aliphatic rings. The first-order valence-electron chi connectivity index (χ1n) is 6.29. The van der Waals surface area contributed by atoms with Crippen LogP contribution < -0.4 is 16.6 Å². The molecule has 0 bridgehead atoms. The number of nitrogen functional groups attached to an aromatic ring is 1. The SMILES string of the molecule is CCN(CC)CCNc1cc(C(F)(F)F)nc(NN)n1. The molecule has 1 aromatic heterocycles. The molecule has 114 valence electrons. The van der Waals surface area contributed by atoms with Gasteiger partial charge in [-0.25, -0.2) is 10.8 Å². The highest BCUT2D eigenvalue weighted by Crippen LogP contribution is 2.29. The first-order chi connectivity index (χ1) is 9.40. The number of anilines is 2. The quantitative estimate of drug-likeness (QED) is 0.522. The largest absolute Gasteiger partial charge is 0.433 e. The maximum atomic E-state index is 12.6. The van der Waals surface area contributed by atoms with Crippen LogP contribution in [0.1, 0.15) is 19.5 Å². The minimum absolute atomic E-state index is 0.0902. The van der Waals surface area contributed by atoms with Gasteiger partial charge in [-0.3, -0.25) is 5.43 Å². The van der Waals surface area contributed by atoms with E-state index in [2.05, 4.69) is 20.2 Å². The number of alkyl halides is 3. The highest BCUT2D eigenvalue weighted by atomic mass is 19.4. The molecule has 0 aliphatic carbocycles. The molecule has 0 amide bonds. The summed E-state index contributed by atoms with van der Waals surface area (Å²) in [6.45, 7) is 7.00. The predicted octanol–water partition coefficient (Wildman–Crippen LogP) is 1.53. The van der Waals surface area contributed by atoms with Gasteiger partial charge in [-0.15, -0.1) is 0 Å². The molecule has 1 rings (SSSR count). The van der Waals surface area contributed by atoms with Gasteiger partial charge in [0.25, 0.3) is 0 Å². The predicted molar refractivity (Wildman–Crippen MR) is 71.1 cm³/mol. The van der Waals surface area contributed by atoms with Crippen molar-refractivity contribution in [1.82, 2.24) is 14.9 Å². The molecule has 0 saturated carbocycles. The lowest BCUT2D eigenvalue weighted by Crippen LogP contribution is -2.29. The van der Waals surface area contributed by atoms with Crippen LogP contribution in [0.15, 0.2) is 6.07 Å². The Morgan fingerprint density at radius 2 is 1.90 bits per heavy atom. The molecule has 0 aliphatic heterocycles. The fourth-order valence-electron chi connectivity index (χ4n) is 1.63. The van der Waals surface area contributed by atoms with E-state index in [-0.39, 0.29) is 11.8 Å². The molecule has 0 spiro atoms. The maximum Gasteiger partial charge on any atom is 0.433 e. The molecule has 0 radical (unpaired) electrons. The van der Waals surface area contributed by atoms with E-state index < -0.39 is 11.9 Å². The topological polar surface area (TPSA) is 79.1 Å². The zero-order chi connectivity index (χ0) is 15.2. The van der Waals surface area contributed by atoms with Gasteiger partial charge in [0.15, 0.2) is 5.69 Å². The number of nitrogens with zero attached hydrogens (tertiary/aromatic N) is 3. The van der Waals surface area contributed by atoms with Gasteiger partial charge in [0.2, 0.25) is 5.95 Å². The Morgan fingerprint density at radius 3 is 2.40 bits per heavy atom. The molecule has 0 atom stereocenters. The van der Waals surface area contributed by atoms with Gasteiger partial charge in [0, 0.05) is 19.2 Å². The number of nitrogens with two attached hydrogens (primary N) is 1. The van der Waals surface area contributed by atoms with Crippen molar-refractivity contribution in [2.75, 3.05) is 36.9 Å². The summed E-state index contributed by atoms with van der Waals surface area (Å²) >= 11 is 0. The smallest absolute Gasteiger partial charge is 0.369 e. The lowest BCUT2D eigenvalue weighted by atomic mass is 10.3. The molecule has 1 aromatic rings. The van der Waals surface area contributed by atoms with Gasteiger partial charge in [0.05, 0.1) is 0 Å². The number of hydrogen-bond acceptors (Lipinski definition) is 6. The second-order valence-corrected chi connectivity index (χ2v) is 4.06. The van der Waals surface area contributed by atoms with E-state index in [1.807, 2.05) is 19.3 Å². The van der Waals surface area contributed by atoms with Crippen LogP contribution in [-0.4, -0.2) is 41.0 Å². The summed E-state index contributed by atoms with van der Waals surface area (Å²) in [5.41, 5.74) is 0.992. The van der Waals surface area contributed by atoms with E-state index in [0.717, 1.165) is 19.2 Å². The molecule has 0 aromatic carbocycles. The molecular weight excluding hydrogens is 273 g/mol. The number of rotatable bonds is 7. The highest BCUT2D eigenvalue weighted by molar-refractivity contribution is 5.42. The number of halogens is 3. The van der Waals surface area contributed by atoms with Crippen LogP contribution in [0.25, 0.3) is 0 Å². The fourth-order valence-corrected chi connectivity index (χ4v) is 1.63. The van der Waals surface area contributed by atoms with Crippen LogP contribution >= 0.6 is 0 Å². The Kier molecular flexibility index (Phi) is 5.96. The zero-order valence-electron chi connectivity index (χ0n) is 11.5. The van der Waals surface area contributed by atoms with Gasteiger partial charge < -0.3 is 10.2 Å². The molecule has 0 fully saturated rings. The third-order valence-electron chi connectivity index (χ3n) is 2.77. The number of hydrazine groups is 1. The third kappa shape index (κ3) is 4.82. The zero-order valence-corrected chi connectivity index (χ0v) is 11.5. The summed E-state index contributed by atoms with van der Waals surface area (Å²) in [5, 5.41) is 2.84. The van der Waals surface area contributed by atoms with Crippen molar-refractivity contribution >= 4 is 11.8 Å². The Hall–Kier alpha value is -1.61. The van der Waals surface area contributed by atoms with E-state index in [9.17, 15) is 13.2 Å². The monoisotopic (exact) mass is 292 g/mol. The minimum Gasteiger partial charge on any atom is -0.369 e. The Bertz CT molecular complexity index is 419. The van der Waals surface area contributed by atoms with E-state index in [4.69, 9.17) is 5.84 Å². The third-order valence-corrected chi connectivity index (χ3v) is 2.77. The van der Waals surface area contributed by atoms with Crippen molar-refractivity contribution in [3.05, 3.63) is 11.8 Å². The first-order valence-corrected chi connectivity index (χ1v) is 6.29. The lowest BCUT2D eigenvalue weighted by molar-refractivity contribution is -0.141. The molecule has 4 N–H and O–H groups in total. The maximum absolute atomic E-state index is 12.6. The van der Waals surface area contributed by atoms with Crippen molar-refractivity contribution in [3.8, 4) is 0 Å². The fraction of sp³-hybridized carbons (Fsp3) is 0.636. The molecule has 6 nitrogen and oxygen atoms in total. The van der Waals surface area contributed by atoms with E-state index in [1.165, 1.54) is 0 Å². The second-order valence-electron chi connectivity index (χ2n) is 4.06. The van der Waals surface area contributed by atoms with Crippen LogP contribution in [0, 0.1) is 0 Å². The van der Waals surface area contributed by atoms with Crippen LogP contribution in [0.4, 0.5) is 24.9 Å². The Balaban J connectivity index is 2.74. The van der Waals surface area contributed by atoms with Crippen LogP contribution in [-0.2, 0) is 6.18 Å². The summed E-state index contributed by atoms with van der Waals surface area (Å²) in [5.74, 6) is 4.89. The number of hydrogen-bond donors (Lipinski definition) is 3. The average Bonchev–Trinajstić information content (AvgIpc) is 2.42. The van der Waals surface area contributed by atoms with Crippen LogP contribution in [0.3, 0.4) is 0 Å². The first kappa shape index (κ1) is 16.4. The Morgan fingerprint density at radius 1 is 1.25 bits per heavy atom. The molecule has 0 saturated heterocycles. The summed E-state index contributed by atoms with van der Waals surface area (Å²) in [6, 6.07) is 0.864. The number of aromatic nitrogens is 2. The standard InChI is InChI=1S/C11H19F3N6/c1-3-20(4-2)6-5-16-9-7-8(11(12,13)14)17-10(18-9)19-15/h7H,3-6,15H2,1-2H3,(H2,16,17,18,19). The second kappa shape index (κ2) is 7.25. The van der Waals surface area contributed by atoms with Crippen molar-refractivity contribution in [3.63, 3.8) is 0 Å². The summed E-state index contributed by atoms with van der Waals surface area (Å²) in [6.07, 6.45) is -4.54. The van der Waals surface area contributed by atoms with Gasteiger partial charge in [-0.1, -0.05) is 13.8 Å². The van der Waals surface area contributed by atoms with Gasteiger partial charge in [-0.05, 0) is 13.1 Å². The van der Waals surface area contributed by atoms with Crippen molar-refractivity contribution in [1.29, 1.82) is 0 Å². The minimum atomic E-state index is -4.54. The highest BCUT2D eigenvalue weighted by Gasteiger charge is 2.33. The molecule has 0 unspecified atom stereocenters. The van der Waals surface area contributed by atoms with E-state index in [1.54, 1.807) is 0 Å². The van der Waals surface area contributed by atoms with Crippen molar-refractivity contribution in [2.45, 2.75) is 20.0 Å². The van der Waals surface area contributed by atoms with Gasteiger partial charge in [-0.2, -0.15) is 18.2 Å². The summed E-state index contributed by atoms with van der Waals surface area (Å²) < 4.78 is 37.9. The summed E-state index contributed by atoms with van der Waals surface area (Å²) in [7, 11) is 0. The van der Waals surface area contributed by atoms with E-state index >= 15 is 0 Å². The number of likely N-dealkylation sites (N-methyl/N-ethyl adjacent to an activating group) is 1. The average molecular weight is 292 g/mol. The van der Waals surface area contributed by atoms with Crippen molar-refractivity contribution < 1.29 is 13.2 Å². The van der Waals surface area contributed by atoms with Crippen LogP contribution in [0.2, 0.25) is 0 Å².